The molecule has 0 aliphatic carbocycles. The van der Waals surface area contributed by atoms with Gasteiger partial charge in [0.15, 0.2) is 0 Å². The molecule has 2 aromatic rings. The molecule has 0 bridgehead atoms. The Morgan fingerprint density at radius 3 is 2.39 bits per heavy atom. The van der Waals surface area contributed by atoms with Gasteiger partial charge in [0.2, 0.25) is 5.91 Å². The molecule has 0 saturated heterocycles. The van der Waals surface area contributed by atoms with Crippen molar-refractivity contribution in [3.8, 4) is 0 Å². The summed E-state index contributed by atoms with van der Waals surface area (Å²) in [5.41, 5.74) is 1.33. The Kier molecular flexibility index (Phi) is 5.85. The van der Waals surface area contributed by atoms with E-state index in [1.807, 2.05) is 11.4 Å². The molecule has 1 aromatic heterocycles. The van der Waals surface area contributed by atoms with Gasteiger partial charge in [-0.2, -0.15) is 0 Å². The molecule has 0 atom stereocenters. The lowest BCUT2D eigenvalue weighted by atomic mass is 10.2. The molecule has 0 spiro atoms. The molecule has 1 aromatic carbocycles. The van der Waals surface area contributed by atoms with Crippen molar-refractivity contribution < 1.29 is 9.59 Å². The van der Waals surface area contributed by atoms with Gasteiger partial charge in [-0.25, -0.2) is 0 Å². The van der Waals surface area contributed by atoms with Crippen molar-refractivity contribution in [3.63, 3.8) is 0 Å². The highest BCUT2D eigenvalue weighted by molar-refractivity contribution is 8.01. The maximum atomic E-state index is 12.0. The summed E-state index contributed by atoms with van der Waals surface area (Å²) in [6.07, 6.45) is 0. The van der Waals surface area contributed by atoms with E-state index in [-0.39, 0.29) is 16.6 Å². The van der Waals surface area contributed by atoms with Gasteiger partial charge in [0, 0.05) is 16.1 Å². The highest BCUT2D eigenvalue weighted by Crippen LogP contribution is 2.23. The Morgan fingerprint density at radius 2 is 1.78 bits per heavy atom. The number of thioether (sulfide) groups is 1. The van der Waals surface area contributed by atoms with E-state index in [1.54, 1.807) is 42.1 Å². The number of anilines is 2. The van der Waals surface area contributed by atoms with Crippen LogP contribution in [0, 0.1) is 0 Å². The van der Waals surface area contributed by atoms with Crippen LogP contribution in [0.25, 0.3) is 0 Å². The average Bonchev–Trinajstić information content (AvgIpc) is 2.99. The smallest absolute Gasteiger partial charge is 0.265 e. The average molecular weight is 348 g/mol. The normalized spacial score (nSPS) is 11.1. The molecule has 122 valence electrons. The van der Waals surface area contributed by atoms with Gasteiger partial charge >= 0.3 is 0 Å². The summed E-state index contributed by atoms with van der Waals surface area (Å²) in [7, 11) is 0. The third-order valence-corrected chi connectivity index (χ3v) is 4.93. The lowest BCUT2D eigenvalue weighted by Crippen LogP contribution is -2.19. The van der Waals surface area contributed by atoms with Gasteiger partial charge in [-0.3, -0.25) is 9.59 Å². The van der Waals surface area contributed by atoms with Crippen molar-refractivity contribution >= 4 is 46.3 Å². The quantitative estimate of drug-likeness (QED) is 0.838. The number of carbonyl (C=O) groups is 2. The SMILES string of the molecule is CC(C)(C)SCC(=O)Nc1cccc(NC(=O)c2cccs2)c1. The van der Waals surface area contributed by atoms with Crippen LogP contribution in [0.3, 0.4) is 0 Å². The van der Waals surface area contributed by atoms with Gasteiger partial charge in [0.05, 0.1) is 10.6 Å². The zero-order valence-electron chi connectivity index (χ0n) is 13.4. The second-order valence-corrected chi connectivity index (χ2v) is 8.71. The summed E-state index contributed by atoms with van der Waals surface area (Å²) in [6.45, 7) is 6.23. The molecule has 0 aliphatic heterocycles. The van der Waals surface area contributed by atoms with Gasteiger partial charge in [-0.05, 0) is 29.6 Å². The third-order valence-electron chi connectivity index (χ3n) is 2.79. The summed E-state index contributed by atoms with van der Waals surface area (Å²) in [4.78, 5) is 24.6. The summed E-state index contributed by atoms with van der Waals surface area (Å²) < 4.78 is 0.0495. The van der Waals surface area contributed by atoms with Crippen LogP contribution < -0.4 is 10.6 Å². The van der Waals surface area contributed by atoms with E-state index in [0.29, 0.717) is 22.0 Å². The number of thiophene rings is 1. The Labute approximate surface area is 144 Å². The number of hydrogen-bond donors (Lipinski definition) is 2. The van der Waals surface area contributed by atoms with Crippen LogP contribution in [0.15, 0.2) is 41.8 Å². The molecule has 1 heterocycles. The first-order valence-electron chi connectivity index (χ1n) is 7.22. The van der Waals surface area contributed by atoms with Crippen LogP contribution in [0.5, 0.6) is 0 Å². The molecule has 0 fully saturated rings. The summed E-state index contributed by atoms with van der Waals surface area (Å²) in [5.74, 6) is 0.202. The van der Waals surface area contributed by atoms with E-state index in [0.717, 1.165) is 0 Å². The maximum Gasteiger partial charge on any atom is 0.265 e. The van der Waals surface area contributed by atoms with E-state index in [1.165, 1.54) is 11.3 Å². The Bertz CT molecular complexity index is 676. The Hall–Kier alpha value is -1.79. The monoisotopic (exact) mass is 348 g/mol. The van der Waals surface area contributed by atoms with E-state index in [9.17, 15) is 9.59 Å². The van der Waals surface area contributed by atoms with Crippen LogP contribution in [0.4, 0.5) is 11.4 Å². The first-order chi connectivity index (χ1) is 10.8. The fraction of sp³-hybridized carbons (Fsp3) is 0.294. The maximum absolute atomic E-state index is 12.0. The molecule has 23 heavy (non-hydrogen) atoms. The predicted octanol–water partition coefficient (Wildman–Crippen LogP) is 4.47. The zero-order chi connectivity index (χ0) is 16.9. The fourth-order valence-corrected chi connectivity index (χ4v) is 3.01. The van der Waals surface area contributed by atoms with Crippen LogP contribution in [-0.4, -0.2) is 22.3 Å². The standard InChI is InChI=1S/C17H20N2O2S2/c1-17(2,3)23-11-15(20)18-12-6-4-7-13(10-12)19-16(21)14-8-5-9-22-14/h4-10H,11H2,1-3H3,(H,18,20)(H,19,21). The largest absolute Gasteiger partial charge is 0.325 e. The van der Waals surface area contributed by atoms with Gasteiger partial charge in [-0.15, -0.1) is 23.1 Å². The van der Waals surface area contributed by atoms with Crippen molar-refractivity contribution in [2.75, 3.05) is 16.4 Å². The van der Waals surface area contributed by atoms with Crippen molar-refractivity contribution in [3.05, 3.63) is 46.7 Å². The van der Waals surface area contributed by atoms with Crippen molar-refractivity contribution in [2.24, 2.45) is 0 Å². The summed E-state index contributed by atoms with van der Waals surface area (Å²) in [5, 5.41) is 7.54. The van der Waals surface area contributed by atoms with Gasteiger partial charge < -0.3 is 10.6 Å². The lowest BCUT2D eigenvalue weighted by Gasteiger charge is -2.17. The number of nitrogens with one attached hydrogen (secondary N) is 2. The minimum Gasteiger partial charge on any atom is -0.325 e. The Morgan fingerprint density at radius 1 is 1.09 bits per heavy atom. The number of benzene rings is 1. The highest BCUT2D eigenvalue weighted by Gasteiger charge is 2.13. The topological polar surface area (TPSA) is 58.2 Å². The van der Waals surface area contributed by atoms with Crippen LogP contribution >= 0.6 is 23.1 Å². The minimum atomic E-state index is -0.147. The number of amides is 2. The van der Waals surface area contributed by atoms with Gasteiger partial charge in [-0.1, -0.05) is 32.9 Å². The van der Waals surface area contributed by atoms with Crippen LogP contribution in [0.1, 0.15) is 30.4 Å². The van der Waals surface area contributed by atoms with E-state index in [4.69, 9.17) is 0 Å². The molecule has 0 unspecified atom stereocenters. The molecule has 2 N–H and O–H groups in total. The van der Waals surface area contributed by atoms with Gasteiger partial charge in [0.1, 0.15) is 0 Å². The van der Waals surface area contributed by atoms with Crippen LogP contribution in [-0.2, 0) is 4.79 Å². The van der Waals surface area contributed by atoms with Crippen molar-refractivity contribution in [1.29, 1.82) is 0 Å². The first-order valence-corrected chi connectivity index (χ1v) is 9.09. The molecule has 6 heteroatoms. The lowest BCUT2D eigenvalue weighted by molar-refractivity contribution is -0.113. The van der Waals surface area contributed by atoms with E-state index >= 15 is 0 Å². The highest BCUT2D eigenvalue weighted by atomic mass is 32.2. The zero-order valence-corrected chi connectivity index (χ0v) is 15.0. The molecule has 2 amide bonds. The minimum absolute atomic E-state index is 0.0494. The van der Waals surface area contributed by atoms with Crippen molar-refractivity contribution in [1.82, 2.24) is 0 Å². The number of hydrogen-bond acceptors (Lipinski definition) is 4. The molecule has 0 saturated carbocycles. The fourth-order valence-electron chi connectivity index (χ4n) is 1.75. The molecule has 0 aliphatic rings. The molecule has 2 rings (SSSR count). The van der Waals surface area contributed by atoms with Gasteiger partial charge in [0.25, 0.3) is 5.91 Å². The summed E-state index contributed by atoms with van der Waals surface area (Å²) >= 11 is 2.98. The molecular formula is C17H20N2O2S2. The first kappa shape index (κ1) is 17.6. The predicted molar refractivity (Wildman–Crippen MR) is 99.6 cm³/mol. The summed E-state index contributed by atoms with van der Waals surface area (Å²) in [6, 6.07) is 10.8. The number of carbonyl (C=O) groups excluding carboxylic acids is 2. The second-order valence-electron chi connectivity index (χ2n) is 5.96. The van der Waals surface area contributed by atoms with E-state index in [2.05, 4.69) is 31.4 Å². The van der Waals surface area contributed by atoms with E-state index < -0.39 is 0 Å². The van der Waals surface area contributed by atoms with Crippen LogP contribution in [0.2, 0.25) is 0 Å². The Balaban J connectivity index is 1.94. The molecule has 4 nitrogen and oxygen atoms in total. The molecular weight excluding hydrogens is 328 g/mol. The molecule has 0 radical (unpaired) electrons. The second kappa shape index (κ2) is 7.66. The number of rotatable bonds is 5. The van der Waals surface area contributed by atoms with Crippen molar-refractivity contribution in [2.45, 2.75) is 25.5 Å². The third kappa shape index (κ3) is 6.08.